The van der Waals surface area contributed by atoms with Crippen LogP contribution < -0.4 is 11.0 Å². The van der Waals surface area contributed by atoms with Crippen molar-refractivity contribution in [3.8, 4) is 0 Å². The lowest BCUT2D eigenvalue weighted by Gasteiger charge is -2.07. The lowest BCUT2D eigenvalue weighted by atomic mass is 10.5. The second kappa shape index (κ2) is 4.18. The Morgan fingerprint density at radius 3 is 2.87 bits per heavy atom. The summed E-state index contributed by atoms with van der Waals surface area (Å²) in [4.78, 5) is 16.2. The third-order valence-electron chi connectivity index (χ3n) is 1.80. The van der Waals surface area contributed by atoms with Gasteiger partial charge in [-0.15, -0.1) is 12.6 Å². The number of hydrogen-bond donors (Lipinski definition) is 2. The Labute approximate surface area is 92.0 Å². The van der Waals surface area contributed by atoms with Gasteiger partial charge in [0.25, 0.3) is 5.56 Å². The standard InChI is InChI=1S/C10H9N3OS/c14-10-7-8(15)4-6-13(10)12-9-3-1-2-5-11-9/h1-7,15H,(H,11,12). The first-order valence-corrected chi connectivity index (χ1v) is 4.80. The van der Waals surface area contributed by atoms with Gasteiger partial charge in [0.2, 0.25) is 0 Å². The molecule has 2 rings (SSSR count). The molecule has 0 spiro atoms. The quantitative estimate of drug-likeness (QED) is 0.751. The van der Waals surface area contributed by atoms with Gasteiger partial charge in [-0.1, -0.05) is 6.07 Å². The number of anilines is 1. The van der Waals surface area contributed by atoms with E-state index in [0.29, 0.717) is 10.7 Å². The fourth-order valence-electron chi connectivity index (χ4n) is 1.11. The Morgan fingerprint density at radius 1 is 1.33 bits per heavy atom. The van der Waals surface area contributed by atoms with Crippen LogP contribution in [0.3, 0.4) is 0 Å². The van der Waals surface area contributed by atoms with Crippen molar-refractivity contribution in [1.82, 2.24) is 9.66 Å². The van der Waals surface area contributed by atoms with Gasteiger partial charge < -0.3 is 0 Å². The van der Waals surface area contributed by atoms with E-state index in [9.17, 15) is 4.79 Å². The number of thiol groups is 1. The highest BCUT2D eigenvalue weighted by Crippen LogP contribution is 2.02. The van der Waals surface area contributed by atoms with E-state index in [-0.39, 0.29) is 5.56 Å². The predicted molar refractivity (Wildman–Crippen MR) is 61.2 cm³/mol. The Hall–Kier alpha value is -1.75. The molecule has 0 atom stereocenters. The lowest BCUT2D eigenvalue weighted by Crippen LogP contribution is -2.25. The van der Waals surface area contributed by atoms with Gasteiger partial charge in [-0.2, -0.15) is 0 Å². The van der Waals surface area contributed by atoms with Crippen LogP contribution in [-0.2, 0) is 0 Å². The first kappa shape index (κ1) is 9.79. The summed E-state index contributed by atoms with van der Waals surface area (Å²) in [5.74, 6) is 0.617. The number of rotatable bonds is 2. The summed E-state index contributed by atoms with van der Waals surface area (Å²) in [7, 11) is 0. The van der Waals surface area contributed by atoms with Crippen LogP contribution in [0.2, 0.25) is 0 Å². The second-order valence-electron chi connectivity index (χ2n) is 2.92. The van der Waals surface area contributed by atoms with Crippen molar-refractivity contribution in [3.63, 3.8) is 0 Å². The normalized spacial score (nSPS) is 9.93. The summed E-state index contributed by atoms with van der Waals surface area (Å²) in [5, 5.41) is 0. The zero-order valence-electron chi connectivity index (χ0n) is 7.79. The second-order valence-corrected chi connectivity index (χ2v) is 3.44. The molecule has 0 aromatic carbocycles. The molecule has 0 unspecified atom stereocenters. The summed E-state index contributed by atoms with van der Waals surface area (Å²) in [5.41, 5.74) is 2.69. The highest BCUT2D eigenvalue weighted by Gasteiger charge is 1.96. The number of nitrogens with one attached hydrogen (secondary N) is 1. The Morgan fingerprint density at radius 2 is 2.20 bits per heavy atom. The average Bonchev–Trinajstić information content (AvgIpc) is 2.24. The van der Waals surface area contributed by atoms with Crippen LogP contribution in [-0.4, -0.2) is 9.66 Å². The maximum Gasteiger partial charge on any atom is 0.270 e. The monoisotopic (exact) mass is 219 g/mol. The zero-order valence-corrected chi connectivity index (χ0v) is 8.69. The molecule has 0 bridgehead atoms. The smallest absolute Gasteiger partial charge is 0.270 e. The minimum absolute atomic E-state index is 0.173. The molecule has 1 N–H and O–H groups in total. The van der Waals surface area contributed by atoms with Gasteiger partial charge in [0.05, 0.1) is 0 Å². The molecule has 5 heteroatoms. The molecule has 0 saturated heterocycles. The molecule has 0 amide bonds. The van der Waals surface area contributed by atoms with Gasteiger partial charge >= 0.3 is 0 Å². The van der Waals surface area contributed by atoms with E-state index < -0.39 is 0 Å². The molecule has 0 aliphatic heterocycles. The first-order valence-electron chi connectivity index (χ1n) is 4.35. The molecule has 0 saturated carbocycles. The summed E-state index contributed by atoms with van der Waals surface area (Å²) in [6, 6.07) is 8.58. The van der Waals surface area contributed by atoms with Gasteiger partial charge in [0, 0.05) is 23.4 Å². The number of aromatic nitrogens is 2. The van der Waals surface area contributed by atoms with Crippen LogP contribution >= 0.6 is 12.6 Å². The molecule has 0 aliphatic carbocycles. The Kier molecular flexibility index (Phi) is 2.73. The molecular formula is C10H9N3OS. The van der Waals surface area contributed by atoms with E-state index in [1.807, 2.05) is 12.1 Å². The van der Waals surface area contributed by atoms with Crippen LogP contribution in [0.5, 0.6) is 0 Å². The number of hydrogen-bond acceptors (Lipinski definition) is 4. The summed E-state index contributed by atoms with van der Waals surface area (Å²) in [6.07, 6.45) is 3.26. The van der Waals surface area contributed by atoms with Crippen LogP contribution in [0.15, 0.2) is 52.4 Å². The SMILES string of the molecule is O=c1cc(S)ccn1Nc1ccccn1. The highest BCUT2D eigenvalue weighted by molar-refractivity contribution is 7.80. The van der Waals surface area contributed by atoms with Gasteiger partial charge in [0.1, 0.15) is 5.82 Å². The molecule has 0 fully saturated rings. The van der Waals surface area contributed by atoms with E-state index in [1.54, 1.807) is 24.5 Å². The van der Waals surface area contributed by atoms with Crippen molar-refractivity contribution in [1.29, 1.82) is 0 Å². The van der Waals surface area contributed by atoms with Gasteiger partial charge in [0.15, 0.2) is 0 Å². The molecule has 0 radical (unpaired) electrons. The molecular weight excluding hydrogens is 210 g/mol. The lowest BCUT2D eigenvalue weighted by molar-refractivity contribution is 0.877. The zero-order chi connectivity index (χ0) is 10.7. The van der Waals surface area contributed by atoms with Crippen LogP contribution in [0, 0.1) is 0 Å². The summed E-state index contributed by atoms with van der Waals surface area (Å²) in [6.45, 7) is 0. The van der Waals surface area contributed by atoms with Gasteiger partial charge in [-0.25, -0.2) is 9.66 Å². The van der Waals surface area contributed by atoms with Crippen molar-refractivity contribution in [2.24, 2.45) is 0 Å². The third kappa shape index (κ3) is 2.38. The molecule has 2 aromatic rings. The Balaban J connectivity index is 2.29. The summed E-state index contributed by atoms with van der Waals surface area (Å²) >= 11 is 4.07. The first-order chi connectivity index (χ1) is 7.25. The maximum atomic E-state index is 11.5. The molecule has 2 heterocycles. The van der Waals surface area contributed by atoms with Gasteiger partial charge in [-0.3, -0.25) is 10.2 Å². The molecule has 76 valence electrons. The minimum Gasteiger partial charge on any atom is -0.275 e. The topological polar surface area (TPSA) is 46.9 Å². The van der Waals surface area contributed by atoms with Crippen molar-refractivity contribution in [3.05, 3.63) is 53.1 Å². The van der Waals surface area contributed by atoms with E-state index in [4.69, 9.17) is 0 Å². The Bertz CT molecular complexity index is 510. The average molecular weight is 219 g/mol. The molecule has 4 nitrogen and oxygen atoms in total. The largest absolute Gasteiger partial charge is 0.275 e. The van der Waals surface area contributed by atoms with E-state index in [1.165, 1.54) is 10.7 Å². The molecule has 0 aliphatic rings. The van der Waals surface area contributed by atoms with Crippen LogP contribution in [0.25, 0.3) is 0 Å². The number of nitrogens with zero attached hydrogens (tertiary/aromatic N) is 2. The van der Waals surface area contributed by atoms with Crippen molar-refractivity contribution in [2.45, 2.75) is 4.90 Å². The molecule has 2 aromatic heterocycles. The molecule has 15 heavy (non-hydrogen) atoms. The fourth-order valence-corrected chi connectivity index (χ4v) is 1.29. The fraction of sp³-hybridized carbons (Fsp3) is 0. The van der Waals surface area contributed by atoms with Crippen LogP contribution in [0.1, 0.15) is 0 Å². The summed E-state index contributed by atoms with van der Waals surface area (Å²) < 4.78 is 1.35. The predicted octanol–water partition coefficient (Wildman–Crippen LogP) is 1.41. The van der Waals surface area contributed by atoms with Crippen molar-refractivity contribution < 1.29 is 0 Å². The van der Waals surface area contributed by atoms with E-state index >= 15 is 0 Å². The van der Waals surface area contributed by atoms with Crippen molar-refractivity contribution in [2.75, 3.05) is 5.43 Å². The highest BCUT2D eigenvalue weighted by atomic mass is 32.1. The van der Waals surface area contributed by atoms with E-state index in [0.717, 1.165) is 0 Å². The third-order valence-corrected chi connectivity index (χ3v) is 2.08. The number of pyridine rings is 2. The minimum atomic E-state index is -0.173. The van der Waals surface area contributed by atoms with Crippen molar-refractivity contribution >= 4 is 18.4 Å². The maximum absolute atomic E-state index is 11.5. The van der Waals surface area contributed by atoms with E-state index in [2.05, 4.69) is 23.0 Å². The van der Waals surface area contributed by atoms with Crippen LogP contribution in [0.4, 0.5) is 5.82 Å². The van der Waals surface area contributed by atoms with Gasteiger partial charge in [-0.05, 0) is 18.2 Å².